The molecule has 0 aromatic rings. The lowest BCUT2D eigenvalue weighted by Crippen LogP contribution is -2.51. The fraction of sp³-hybridized carbons (Fsp3) is 1.00. The lowest BCUT2D eigenvalue weighted by Gasteiger charge is -2.36. The van der Waals surface area contributed by atoms with Crippen molar-refractivity contribution < 1.29 is 9.47 Å². The number of morpholine rings is 1. The Morgan fingerprint density at radius 3 is 2.92 bits per heavy atom. The number of ether oxygens (including phenoxy) is 2. The van der Waals surface area contributed by atoms with Crippen molar-refractivity contribution in [1.82, 2.24) is 5.32 Å². The zero-order chi connectivity index (χ0) is 9.03. The summed E-state index contributed by atoms with van der Waals surface area (Å²) in [4.78, 5) is 0. The molecule has 72 valence electrons. The minimum absolute atomic E-state index is 0.0416. The monoisotopic (exact) mass is 173 g/mol. The Hall–Kier alpha value is -0.120. The lowest BCUT2D eigenvalue weighted by molar-refractivity contribution is -0.119. The van der Waals surface area contributed by atoms with Crippen LogP contribution in [0.5, 0.6) is 0 Å². The van der Waals surface area contributed by atoms with Crippen LogP contribution in [0.3, 0.4) is 0 Å². The summed E-state index contributed by atoms with van der Waals surface area (Å²) in [7, 11) is 0. The normalized spacial score (nSPS) is 28.8. The van der Waals surface area contributed by atoms with E-state index in [9.17, 15) is 0 Å². The van der Waals surface area contributed by atoms with E-state index < -0.39 is 0 Å². The molecule has 0 aliphatic carbocycles. The van der Waals surface area contributed by atoms with Gasteiger partial charge in [0.1, 0.15) is 0 Å². The molecule has 0 radical (unpaired) electrons. The van der Waals surface area contributed by atoms with Crippen LogP contribution in [0.25, 0.3) is 0 Å². The minimum Gasteiger partial charge on any atom is -0.379 e. The molecule has 1 atom stereocenters. The van der Waals surface area contributed by atoms with Gasteiger partial charge in [-0.1, -0.05) is 0 Å². The second kappa shape index (κ2) is 4.21. The summed E-state index contributed by atoms with van der Waals surface area (Å²) in [6.07, 6.45) is 0.216. The molecule has 1 aliphatic rings. The average molecular weight is 173 g/mol. The number of hydrogen-bond acceptors (Lipinski definition) is 3. The average Bonchev–Trinajstić information content (AvgIpc) is 1.99. The van der Waals surface area contributed by atoms with Crippen LogP contribution < -0.4 is 5.32 Å². The molecule has 0 aromatic carbocycles. The Morgan fingerprint density at radius 1 is 1.58 bits per heavy atom. The van der Waals surface area contributed by atoms with Gasteiger partial charge in [-0.2, -0.15) is 0 Å². The van der Waals surface area contributed by atoms with Gasteiger partial charge in [-0.25, -0.2) is 0 Å². The molecule has 1 rings (SSSR count). The van der Waals surface area contributed by atoms with Crippen LogP contribution in [0, 0.1) is 0 Å². The minimum atomic E-state index is -0.0416. The van der Waals surface area contributed by atoms with E-state index in [1.165, 1.54) is 0 Å². The topological polar surface area (TPSA) is 30.5 Å². The molecule has 1 aliphatic heterocycles. The summed E-state index contributed by atoms with van der Waals surface area (Å²) in [5, 5.41) is 3.33. The Bertz CT molecular complexity index is 136. The Balaban J connectivity index is 2.26. The molecule has 0 spiro atoms. The van der Waals surface area contributed by atoms with Crippen molar-refractivity contribution in [2.24, 2.45) is 0 Å². The maximum absolute atomic E-state index is 5.79. The molecule has 0 saturated carbocycles. The Morgan fingerprint density at radius 2 is 2.33 bits per heavy atom. The van der Waals surface area contributed by atoms with E-state index in [2.05, 4.69) is 19.2 Å². The zero-order valence-corrected chi connectivity index (χ0v) is 8.22. The van der Waals surface area contributed by atoms with Gasteiger partial charge in [0, 0.05) is 19.7 Å². The van der Waals surface area contributed by atoms with Gasteiger partial charge in [-0.3, -0.25) is 0 Å². The van der Waals surface area contributed by atoms with Gasteiger partial charge in [0.25, 0.3) is 0 Å². The largest absolute Gasteiger partial charge is 0.379 e. The van der Waals surface area contributed by atoms with Crippen molar-refractivity contribution in [2.45, 2.75) is 32.5 Å². The van der Waals surface area contributed by atoms with E-state index in [-0.39, 0.29) is 11.7 Å². The predicted octanol–water partition coefficient (Wildman–Crippen LogP) is 0.790. The van der Waals surface area contributed by atoms with Gasteiger partial charge in [0.2, 0.25) is 0 Å². The molecule has 12 heavy (non-hydrogen) atoms. The van der Waals surface area contributed by atoms with Crippen LogP contribution in [-0.2, 0) is 9.47 Å². The maximum Gasteiger partial charge on any atom is 0.0940 e. The zero-order valence-electron chi connectivity index (χ0n) is 8.22. The molecule has 3 nitrogen and oxygen atoms in total. The van der Waals surface area contributed by atoms with E-state index in [0.29, 0.717) is 6.61 Å². The van der Waals surface area contributed by atoms with Crippen molar-refractivity contribution in [3.63, 3.8) is 0 Å². The predicted molar refractivity (Wildman–Crippen MR) is 48.3 cm³/mol. The van der Waals surface area contributed by atoms with E-state index in [1.54, 1.807) is 0 Å². The molecule has 0 aromatic heterocycles. The second-order valence-electron chi connectivity index (χ2n) is 3.79. The lowest BCUT2D eigenvalue weighted by atomic mass is 10.1. The molecule has 1 heterocycles. The van der Waals surface area contributed by atoms with E-state index >= 15 is 0 Å². The van der Waals surface area contributed by atoms with Crippen molar-refractivity contribution in [1.29, 1.82) is 0 Å². The molecule has 1 unspecified atom stereocenters. The quantitative estimate of drug-likeness (QED) is 0.684. The molecule has 1 N–H and O–H groups in total. The third-order valence-corrected chi connectivity index (χ3v) is 1.92. The highest BCUT2D eigenvalue weighted by Gasteiger charge is 2.27. The molecule has 0 amide bonds. The second-order valence-corrected chi connectivity index (χ2v) is 3.79. The van der Waals surface area contributed by atoms with Crippen LogP contribution in [0.1, 0.15) is 20.8 Å². The van der Waals surface area contributed by atoms with Crippen LogP contribution in [0.4, 0.5) is 0 Å². The molecule has 1 fully saturated rings. The van der Waals surface area contributed by atoms with Gasteiger partial charge in [0.05, 0.1) is 18.3 Å². The van der Waals surface area contributed by atoms with Crippen molar-refractivity contribution >= 4 is 0 Å². The fourth-order valence-electron chi connectivity index (χ4n) is 1.41. The highest BCUT2D eigenvalue weighted by Crippen LogP contribution is 2.15. The van der Waals surface area contributed by atoms with Crippen molar-refractivity contribution in [2.75, 3.05) is 26.3 Å². The van der Waals surface area contributed by atoms with E-state index in [0.717, 1.165) is 19.7 Å². The maximum atomic E-state index is 5.79. The standard InChI is InChI=1S/C9H19NO2/c1-4-11-6-8-5-10-7-9(2,3)12-8/h8,10H,4-7H2,1-3H3. The summed E-state index contributed by atoms with van der Waals surface area (Å²) >= 11 is 0. The Labute approximate surface area is 74.4 Å². The highest BCUT2D eigenvalue weighted by molar-refractivity contribution is 4.80. The first kappa shape index (κ1) is 9.96. The smallest absolute Gasteiger partial charge is 0.0940 e. The fourth-order valence-corrected chi connectivity index (χ4v) is 1.41. The van der Waals surface area contributed by atoms with Gasteiger partial charge in [-0.05, 0) is 20.8 Å². The number of nitrogens with one attached hydrogen (secondary N) is 1. The Kier molecular flexibility index (Phi) is 3.50. The summed E-state index contributed by atoms with van der Waals surface area (Å²) in [6.45, 7) is 9.49. The summed E-state index contributed by atoms with van der Waals surface area (Å²) in [6, 6.07) is 0. The van der Waals surface area contributed by atoms with Crippen LogP contribution >= 0.6 is 0 Å². The molecule has 0 bridgehead atoms. The molecule has 3 heteroatoms. The third-order valence-electron chi connectivity index (χ3n) is 1.92. The first-order chi connectivity index (χ1) is 5.64. The molecular weight excluding hydrogens is 154 g/mol. The summed E-state index contributed by atoms with van der Waals surface area (Å²) in [5.74, 6) is 0. The van der Waals surface area contributed by atoms with Crippen molar-refractivity contribution in [3.05, 3.63) is 0 Å². The van der Waals surface area contributed by atoms with Crippen LogP contribution in [-0.4, -0.2) is 38.0 Å². The number of rotatable bonds is 3. The summed E-state index contributed by atoms with van der Waals surface area (Å²) < 4.78 is 11.1. The number of hydrogen-bond donors (Lipinski definition) is 1. The van der Waals surface area contributed by atoms with Crippen LogP contribution in [0.15, 0.2) is 0 Å². The van der Waals surface area contributed by atoms with Crippen LogP contribution in [0.2, 0.25) is 0 Å². The molecular formula is C9H19NO2. The SMILES string of the molecule is CCOCC1CNCC(C)(C)O1. The first-order valence-electron chi connectivity index (χ1n) is 4.60. The highest BCUT2D eigenvalue weighted by atomic mass is 16.5. The van der Waals surface area contributed by atoms with Gasteiger partial charge >= 0.3 is 0 Å². The van der Waals surface area contributed by atoms with E-state index in [4.69, 9.17) is 9.47 Å². The van der Waals surface area contributed by atoms with Crippen molar-refractivity contribution in [3.8, 4) is 0 Å². The van der Waals surface area contributed by atoms with E-state index in [1.807, 2.05) is 6.92 Å². The van der Waals surface area contributed by atoms with Gasteiger partial charge in [-0.15, -0.1) is 0 Å². The van der Waals surface area contributed by atoms with Gasteiger partial charge in [0.15, 0.2) is 0 Å². The first-order valence-corrected chi connectivity index (χ1v) is 4.60. The van der Waals surface area contributed by atoms with Gasteiger partial charge < -0.3 is 14.8 Å². The third kappa shape index (κ3) is 3.09. The molecule has 1 saturated heterocycles. The summed E-state index contributed by atoms with van der Waals surface area (Å²) in [5.41, 5.74) is -0.0416.